The molecule has 0 heterocycles. The summed E-state index contributed by atoms with van der Waals surface area (Å²) in [6.45, 7) is 7.02. The van der Waals surface area contributed by atoms with Crippen LogP contribution in [0.3, 0.4) is 0 Å². The summed E-state index contributed by atoms with van der Waals surface area (Å²) in [5, 5.41) is 0. The third-order valence-corrected chi connectivity index (χ3v) is 3.72. The second kappa shape index (κ2) is 6.23. The summed E-state index contributed by atoms with van der Waals surface area (Å²) in [7, 11) is 0. The lowest BCUT2D eigenvalue weighted by atomic mass is 9.71. The SMILES string of the molecule is C=CCC1CC(CCC)CCC1CN. The van der Waals surface area contributed by atoms with Crippen LogP contribution in [0.4, 0.5) is 0 Å². The van der Waals surface area contributed by atoms with E-state index in [1.807, 2.05) is 0 Å². The Hall–Kier alpha value is -0.300. The highest BCUT2D eigenvalue weighted by Gasteiger charge is 2.27. The van der Waals surface area contributed by atoms with Crippen LogP contribution in [0.25, 0.3) is 0 Å². The van der Waals surface area contributed by atoms with Gasteiger partial charge in [0.05, 0.1) is 0 Å². The fourth-order valence-corrected chi connectivity index (χ4v) is 2.91. The third-order valence-electron chi connectivity index (χ3n) is 3.72. The molecule has 1 fully saturated rings. The fourth-order valence-electron chi connectivity index (χ4n) is 2.91. The molecule has 1 heteroatoms. The number of allylic oxidation sites excluding steroid dienone is 1. The van der Waals surface area contributed by atoms with Crippen molar-refractivity contribution in [1.82, 2.24) is 0 Å². The average Bonchev–Trinajstić information content (AvgIpc) is 2.19. The van der Waals surface area contributed by atoms with Crippen LogP contribution < -0.4 is 5.73 Å². The summed E-state index contributed by atoms with van der Waals surface area (Å²) in [6.07, 6.45) is 10.1. The number of rotatable bonds is 5. The van der Waals surface area contributed by atoms with E-state index in [1.54, 1.807) is 0 Å². The van der Waals surface area contributed by atoms with E-state index in [1.165, 1.54) is 38.5 Å². The first-order valence-electron chi connectivity index (χ1n) is 6.12. The van der Waals surface area contributed by atoms with Crippen LogP contribution in [-0.4, -0.2) is 6.54 Å². The van der Waals surface area contributed by atoms with Crippen molar-refractivity contribution in [2.75, 3.05) is 6.54 Å². The lowest BCUT2D eigenvalue weighted by molar-refractivity contribution is 0.178. The molecule has 3 atom stereocenters. The maximum absolute atomic E-state index is 5.81. The van der Waals surface area contributed by atoms with Gasteiger partial charge in [0.25, 0.3) is 0 Å². The Labute approximate surface area is 88.8 Å². The molecule has 0 amide bonds. The molecule has 1 aliphatic carbocycles. The second-order valence-electron chi connectivity index (χ2n) is 4.75. The normalized spacial score (nSPS) is 32.9. The Balaban J connectivity index is 2.43. The minimum Gasteiger partial charge on any atom is -0.330 e. The molecule has 1 nitrogen and oxygen atoms in total. The van der Waals surface area contributed by atoms with Crippen molar-refractivity contribution in [1.29, 1.82) is 0 Å². The minimum absolute atomic E-state index is 0.765. The van der Waals surface area contributed by atoms with Crippen LogP contribution in [0.5, 0.6) is 0 Å². The predicted molar refractivity (Wildman–Crippen MR) is 63.1 cm³/mol. The molecule has 0 aromatic carbocycles. The molecule has 3 unspecified atom stereocenters. The third kappa shape index (κ3) is 3.13. The van der Waals surface area contributed by atoms with Crippen LogP contribution in [0.15, 0.2) is 12.7 Å². The monoisotopic (exact) mass is 195 g/mol. The van der Waals surface area contributed by atoms with Gasteiger partial charge in [0, 0.05) is 0 Å². The molecule has 0 saturated heterocycles. The Bertz CT molecular complexity index is 165. The van der Waals surface area contributed by atoms with E-state index in [4.69, 9.17) is 5.73 Å². The quantitative estimate of drug-likeness (QED) is 0.669. The van der Waals surface area contributed by atoms with Gasteiger partial charge in [-0.3, -0.25) is 0 Å². The van der Waals surface area contributed by atoms with E-state index in [9.17, 15) is 0 Å². The smallest absolute Gasteiger partial charge is 0.00461 e. The van der Waals surface area contributed by atoms with Gasteiger partial charge in [-0.2, -0.15) is 0 Å². The lowest BCUT2D eigenvalue weighted by Crippen LogP contribution is -2.30. The highest BCUT2D eigenvalue weighted by molar-refractivity contribution is 4.85. The summed E-state index contributed by atoms with van der Waals surface area (Å²) >= 11 is 0. The average molecular weight is 195 g/mol. The van der Waals surface area contributed by atoms with Gasteiger partial charge in [0.1, 0.15) is 0 Å². The van der Waals surface area contributed by atoms with E-state index in [-0.39, 0.29) is 0 Å². The van der Waals surface area contributed by atoms with Crippen molar-refractivity contribution in [3.05, 3.63) is 12.7 Å². The van der Waals surface area contributed by atoms with Gasteiger partial charge >= 0.3 is 0 Å². The molecule has 1 rings (SSSR count). The van der Waals surface area contributed by atoms with E-state index in [0.717, 1.165) is 24.3 Å². The highest BCUT2D eigenvalue weighted by atomic mass is 14.6. The molecule has 1 aliphatic rings. The molecule has 0 aromatic heterocycles. The first-order chi connectivity index (χ1) is 6.81. The zero-order valence-corrected chi connectivity index (χ0v) is 9.54. The van der Waals surface area contributed by atoms with Gasteiger partial charge in [-0.15, -0.1) is 6.58 Å². The Morgan fingerprint density at radius 3 is 2.71 bits per heavy atom. The Kier molecular flexibility index (Phi) is 5.24. The zero-order valence-electron chi connectivity index (χ0n) is 9.54. The number of nitrogens with two attached hydrogens (primary N) is 1. The van der Waals surface area contributed by atoms with Crippen molar-refractivity contribution >= 4 is 0 Å². The van der Waals surface area contributed by atoms with Crippen molar-refractivity contribution in [3.8, 4) is 0 Å². The summed E-state index contributed by atoms with van der Waals surface area (Å²) < 4.78 is 0. The molecule has 0 spiro atoms. The summed E-state index contributed by atoms with van der Waals surface area (Å²) in [5.74, 6) is 2.55. The zero-order chi connectivity index (χ0) is 10.4. The van der Waals surface area contributed by atoms with Crippen LogP contribution in [0.1, 0.15) is 45.4 Å². The molecular weight excluding hydrogens is 170 g/mol. The van der Waals surface area contributed by atoms with Gasteiger partial charge in [-0.25, -0.2) is 0 Å². The van der Waals surface area contributed by atoms with Crippen molar-refractivity contribution < 1.29 is 0 Å². The first kappa shape index (κ1) is 11.8. The molecule has 14 heavy (non-hydrogen) atoms. The summed E-state index contributed by atoms with van der Waals surface area (Å²) in [4.78, 5) is 0. The van der Waals surface area contributed by atoms with Crippen LogP contribution in [-0.2, 0) is 0 Å². The molecule has 0 radical (unpaired) electrons. The molecule has 1 saturated carbocycles. The van der Waals surface area contributed by atoms with Crippen molar-refractivity contribution in [3.63, 3.8) is 0 Å². The van der Waals surface area contributed by atoms with Crippen LogP contribution in [0, 0.1) is 17.8 Å². The van der Waals surface area contributed by atoms with Gasteiger partial charge in [0.15, 0.2) is 0 Å². The van der Waals surface area contributed by atoms with E-state index in [2.05, 4.69) is 19.6 Å². The molecular formula is C13H25N. The maximum atomic E-state index is 5.81. The maximum Gasteiger partial charge on any atom is -0.00461 e. The molecule has 0 aromatic rings. The summed E-state index contributed by atoms with van der Waals surface area (Å²) in [5.41, 5.74) is 5.81. The molecule has 0 bridgehead atoms. The van der Waals surface area contributed by atoms with Gasteiger partial charge < -0.3 is 5.73 Å². The second-order valence-corrected chi connectivity index (χ2v) is 4.75. The van der Waals surface area contributed by atoms with Gasteiger partial charge in [0.2, 0.25) is 0 Å². The largest absolute Gasteiger partial charge is 0.330 e. The summed E-state index contributed by atoms with van der Waals surface area (Å²) in [6, 6.07) is 0. The lowest BCUT2D eigenvalue weighted by Gasteiger charge is -2.35. The van der Waals surface area contributed by atoms with Gasteiger partial charge in [-0.1, -0.05) is 32.3 Å². The topological polar surface area (TPSA) is 26.0 Å². The highest BCUT2D eigenvalue weighted by Crippen LogP contribution is 2.37. The van der Waals surface area contributed by atoms with E-state index < -0.39 is 0 Å². The standard InChI is InChI=1S/C13H25N/c1-3-5-11-7-8-13(10-14)12(9-11)6-4-2/h4,11-13H,2-3,5-10,14H2,1H3. The minimum atomic E-state index is 0.765. The first-order valence-corrected chi connectivity index (χ1v) is 6.12. The molecule has 0 aliphatic heterocycles. The Morgan fingerprint density at radius 2 is 2.14 bits per heavy atom. The van der Waals surface area contributed by atoms with Crippen LogP contribution in [0.2, 0.25) is 0 Å². The van der Waals surface area contributed by atoms with E-state index in [0.29, 0.717) is 0 Å². The predicted octanol–water partition coefficient (Wildman–Crippen LogP) is 3.35. The Morgan fingerprint density at radius 1 is 1.36 bits per heavy atom. The fraction of sp³-hybridized carbons (Fsp3) is 0.846. The molecule has 82 valence electrons. The van der Waals surface area contributed by atoms with Gasteiger partial charge in [-0.05, 0) is 43.6 Å². The number of hydrogen-bond donors (Lipinski definition) is 1. The van der Waals surface area contributed by atoms with E-state index >= 15 is 0 Å². The van der Waals surface area contributed by atoms with Crippen molar-refractivity contribution in [2.45, 2.75) is 45.4 Å². The number of hydrogen-bond acceptors (Lipinski definition) is 1. The van der Waals surface area contributed by atoms with Crippen LogP contribution >= 0.6 is 0 Å². The molecule has 2 N–H and O–H groups in total. The van der Waals surface area contributed by atoms with Crippen molar-refractivity contribution in [2.24, 2.45) is 23.5 Å².